The lowest BCUT2D eigenvalue weighted by atomic mass is 9.90. The maximum atomic E-state index is 13.6. The number of hydrogen-bond acceptors (Lipinski definition) is 5. The van der Waals surface area contributed by atoms with Gasteiger partial charge in [0.25, 0.3) is 0 Å². The minimum Gasteiger partial charge on any atom is -0.465 e. The van der Waals surface area contributed by atoms with Gasteiger partial charge in [0.15, 0.2) is 0 Å². The van der Waals surface area contributed by atoms with Crippen LogP contribution in [-0.2, 0) is 18.8 Å². The van der Waals surface area contributed by atoms with Gasteiger partial charge < -0.3 is 14.0 Å². The lowest BCUT2D eigenvalue weighted by molar-refractivity contribution is -0.144. The minimum absolute atomic E-state index is 0.138. The highest BCUT2D eigenvalue weighted by molar-refractivity contribution is 7.57. The van der Waals surface area contributed by atoms with Gasteiger partial charge >= 0.3 is 13.5 Å². The van der Waals surface area contributed by atoms with Crippen LogP contribution >= 0.6 is 7.52 Å². The molecule has 0 spiro atoms. The number of carbonyl (C=O) groups excluding carboxylic acids is 1. The average molecular weight is 411 g/mol. The number of esters is 1. The Morgan fingerprint density at radius 2 is 1.86 bits per heavy atom. The largest absolute Gasteiger partial charge is 0.465 e. The molecule has 0 saturated heterocycles. The van der Waals surface area contributed by atoms with Crippen molar-refractivity contribution in [2.45, 2.75) is 65.3 Å². The fourth-order valence-electron chi connectivity index (χ4n) is 3.36. The van der Waals surface area contributed by atoms with Crippen LogP contribution in [0.25, 0.3) is 0 Å². The Morgan fingerprint density at radius 1 is 1.21 bits per heavy atom. The Kier molecular flexibility index (Phi) is 8.11. The number of nitrogens with one attached hydrogen (secondary N) is 1. The molecule has 1 aliphatic rings. The zero-order valence-electron chi connectivity index (χ0n) is 17.9. The van der Waals surface area contributed by atoms with Gasteiger partial charge in [-0.3, -0.25) is 9.36 Å². The number of rotatable bonds is 11. The van der Waals surface area contributed by atoms with Crippen LogP contribution in [0.5, 0.6) is 5.75 Å². The van der Waals surface area contributed by atoms with E-state index in [4.69, 9.17) is 14.0 Å². The van der Waals surface area contributed by atoms with Crippen LogP contribution < -0.4 is 9.61 Å². The summed E-state index contributed by atoms with van der Waals surface area (Å²) in [5.41, 5.74) is 2.07. The van der Waals surface area contributed by atoms with Crippen molar-refractivity contribution < 1.29 is 23.4 Å². The van der Waals surface area contributed by atoms with Gasteiger partial charge in [-0.25, -0.2) is 5.09 Å². The summed E-state index contributed by atoms with van der Waals surface area (Å²) in [7, 11) is -2.02. The highest BCUT2D eigenvalue weighted by Crippen LogP contribution is 2.51. The molecular weight excluding hydrogens is 377 g/mol. The third-order valence-corrected chi connectivity index (χ3v) is 6.94. The standard InChI is InChI=1S/C21H34NO5P/c1-7-26-21(23)16(5)22-28(24,13-25-6)27-20-18(14(2)3)9-8-10-19(20)15(4)17-11-12-17/h8-10,14-17H,7,11-13H2,1-6H3,(H,22,24). The van der Waals surface area contributed by atoms with E-state index >= 15 is 0 Å². The third-order valence-electron chi connectivity index (χ3n) is 5.09. The lowest BCUT2D eigenvalue weighted by Gasteiger charge is -2.27. The SMILES string of the molecule is CCOC(=O)C(C)NP(=O)(COC)Oc1c(C(C)C)cccc1C(C)C1CC1. The summed E-state index contributed by atoms with van der Waals surface area (Å²) in [6.07, 6.45) is 2.28. The Labute approximate surface area is 168 Å². The van der Waals surface area contributed by atoms with Gasteiger partial charge in [-0.1, -0.05) is 39.0 Å². The van der Waals surface area contributed by atoms with Gasteiger partial charge in [-0.15, -0.1) is 0 Å². The number of hydrogen-bond donors (Lipinski definition) is 1. The normalized spacial score (nSPS) is 18.4. The molecule has 1 saturated carbocycles. The first-order chi connectivity index (χ1) is 13.2. The predicted octanol–water partition coefficient (Wildman–Crippen LogP) is 5.04. The highest BCUT2D eigenvalue weighted by Gasteiger charge is 2.35. The molecule has 0 radical (unpaired) electrons. The monoisotopic (exact) mass is 411 g/mol. The van der Waals surface area contributed by atoms with Gasteiger partial charge in [0.1, 0.15) is 18.1 Å². The topological polar surface area (TPSA) is 73.9 Å². The molecule has 6 nitrogen and oxygen atoms in total. The molecule has 1 aliphatic carbocycles. The van der Waals surface area contributed by atoms with E-state index < -0.39 is 19.5 Å². The van der Waals surface area contributed by atoms with Crippen LogP contribution in [0.2, 0.25) is 0 Å². The summed E-state index contributed by atoms with van der Waals surface area (Å²) in [5.74, 6) is 1.36. The molecule has 1 N–H and O–H groups in total. The first kappa shape index (κ1) is 22.9. The van der Waals surface area contributed by atoms with Crippen LogP contribution in [0, 0.1) is 5.92 Å². The van der Waals surface area contributed by atoms with Gasteiger partial charge in [-0.05, 0) is 55.6 Å². The summed E-state index contributed by atoms with van der Waals surface area (Å²) >= 11 is 0. The number of methoxy groups -OCH3 is 1. The summed E-state index contributed by atoms with van der Waals surface area (Å²) in [5, 5.41) is 2.84. The average Bonchev–Trinajstić information content (AvgIpc) is 3.46. The van der Waals surface area contributed by atoms with Gasteiger partial charge in [-0.2, -0.15) is 0 Å². The molecule has 0 aromatic heterocycles. The van der Waals surface area contributed by atoms with Crippen molar-refractivity contribution in [3.8, 4) is 5.75 Å². The van der Waals surface area contributed by atoms with Crippen molar-refractivity contribution in [2.75, 3.05) is 20.1 Å². The van der Waals surface area contributed by atoms with Crippen molar-refractivity contribution in [3.05, 3.63) is 29.3 Å². The second kappa shape index (κ2) is 9.91. The molecule has 7 heteroatoms. The van der Waals surface area contributed by atoms with Crippen molar-refractivity contribution in [2.24, 2.45) is 5.92 Å². The molecule has 158 valence electrons. The number of benzene rings is 1. The first-order valence-corrected chi connectivity index (χ1v) is 11.9. The van der Waals surface area contributed by atoms with Crippen LogP contribution in [0.1, 0.15) is 70.4 Å². The predicted molar refractivity (Wildman–Crippen MR) is 111 cm³/mol. The molecule has 3 unspecified atom stereocenters. The Bertz CT molecular complexity index is 717. The Morgan fingerprint density at radius 3 is 2.39 bits per heavy atom. The molecule has 3 atom stereocenters. The maximum Gasteiger partial charge on any atom is 0.342 e. The highest BCUT2D eigenvalue weighted by atomic mass is 31.2. The van der Waals surface area contributed by atoms with E-state index in [0.717, 1.165) is 11.1 Å². The van der Waals surface area contributed by atoms with Crippen LogP contribution in [0.15, 0.2) is 18.2 Å². The van der Waals surface area contributed by atoms with E-state index in [1.165, 1.54) is 20.0 Å². The molecular formula is C21H34NO5P. The Balaban J connectivity index is 2.37. The lowest BCUT2D eigenvalue weighted by Crippen LogP contribution is -2.35. The van der Waals surface area contributed by atoms with Crippen molar-refractivity contribution in [1.29, 1.82) is 0 Å². The summed E-state index contributed by atoms with van der Waals surface area (Å²) in [4.78, 5) is 12.0. The van der Waals surface area contributed by atoms with E-state index in [9.17, 15) is 9.36 Å². The van der Waals surface area contributed by atoms with Gasteiger partial charge in [0.2, 0.25) is 0 Å². The molecule has 2 rings (SSSR count). The van der Waals surface area contributed by atoms with E-state index in [-0.39, 0.29) is 18.9 Å². The third kappa shape index (κ3) is 5.82. The van der Waals surface area contributed by atoms with E-state index in [1.807, 2.05) is 12.1 Å². The zero-order valence-corrected chi connectivity index (χ0v) is 18.8. The van der Waals surface area contributed by atoms with Gasteiger partial charge in [0, 0.05) is 7.11 Å². The quantitative estimate of drug-likeness (QED) is 0.406. The number of ether oxygens (including phenoxy) is 2. The maximum absolute atomic E-state index is 13.6. The summed E-state index contributed by atoms with van der Waals surface area (Å²) in [6.45, 7) is 9.98. The van der Waals surface area contributed by atoms with Crippen LogP contribution in [-0.4, -0.2) is 32.1 Å². The fraction of sp³-hybridized carbons (Fsp3) is 0.667. The molecule has 0 aliphatic heterocycles. The first-order valence-electron chi connectivity index (χ1n) is 10.1. The summed E-state index contributed by atoms with van der Waals surface area (Å²) in [6, 6.07) is 5.33. The smallest absolute Gasteiger partial charge is 0.342 e. The molecule has 28 heavy (non-hydrogen) atoms. The minimum atomic E-state index is -3.49. The van der Waals surface area contributed by atoms with E-state index in [0.29, 0.717) is 17.6 Å². The van der Waals surface area contributed by atoms with E-state index in [1.54, 1.807) is 13.8 Å². The van der Waals surface area contributed by atoms with Crippen LogP contribution in [0.3, 0.4) is 0 Å². The van der Waals surface area contributed by atoms with Crippen LogP contribution in [0.4, 0.5) is 0 Å². The second-order valence-corrected chi connectivity index (χ2v) is 9.88. The molecule has 1 aromatic rings. The molecule has 1 aromatic carbocycles. The second-order valence-electron chi connectivity index (χ2n) is 7.83. The van der Waals surface area contributed by atoms with Crippen molar-refractivity contribution in [3.63, 3.8) is 0 Å². The fourth-order valence-corrected chi connectivity index (χ4v) is 5.09. The van der Waals surface area contributed by atoms with E-state index in [2.05, 4.69) is 31.9 Å². The van der Waals surface area contributed by atoms with Crippen molar-refractivity contribution >= 4 is 13.5 Å². The molecule has 0 amide bonds. The van der Waals surface area contributed by atoms with Crippen molar-refractivity contribution in [1.82, 2.24) is 5.09 Å². The summed E-state index contributed by atoms with van der Waals surface area (Å²) < 4.78 is 29.9. The van der Waals surface area contributed by atoms with Gasteiger partial charge in [0.05, 0.1) is 6.61 Å². The Hall–Kier alpha value is -1.36. The number of para-hydroxylation sites is 1. The molecule has 0 heterocycles. The molecule has 1 fully saturated rings. The number of carbonyl (C=O) groups is 1. The zero-order chi connectivity index (χ0) is 20.9. The molecule has 0 bridgehead atoms.